The Hall–Kier alpha value is -2.78. The summed E-state index contributed by atoms with van der Waals surface area (Å²) >= 11 is 4.40. The third-order valence-electron chi connectivity index (χ3n) is 4.40. The first-order valence-corrected chi connectivity index (χ1v) is 11.1. The van der Waals surface area contributed by atoms with Crippen LogP contribution < -0.4 is 9.47 Å². The summed E-state index contributed by atoms with van der Waals surface area (Å²) in [6.45, 7) is 4.56. The molecule has 1 aliphatic rings. The first kappa shape index (κ1) is 22.9. The minimum Gasteiger partial charge on any atom is -0.490 e. The minimum atomic E-state index is -0.985. The van der Waals surface area contributed by atoms with Crippen molar-refractivity contribution in [3.05, 3.63) is 62.5 Å². The number of hydrogen-bond donors (Lipinski definition) is 1. The standard InChI is InChI=1S/C22H20BrNO6S/c1-3-24-20(25)18(31-22(24)28)11-14-9-16(23)19(17(10-14)29-4-2)30-12-13-5-7-15(8-6-13)21(26)27/h5-11H,3-4,12H2,1-2H3,(H,26,27)/b18-11+. The first-order valence-electron chi connectivity index (χ1n) is 9.50. The number of imide groups is 1. The Kier molecular flexibility index (Phi) is 7.40. The molecule has 3 rings (SSSR count). The molecule has 7 nitrogen and oxygen atoms in total. The van der Waals surface area contributed by atoms with Gasteiger partial charge in [0.15, 0.2) is 11.5 Å². The number of hydrogen-bond acceptors (Lipinski definition) is 6. The SMILES string of the molecule is CCOc1cc(/C=C2/SC(=O)N(CC)C2=O)cc(Br)c1OCc1ccc(C(=O)O)cc1. The van der Waals surface area contributed by atoms with Crippen LogP contribution in [0.25, 0.3) is 6.08 Å². The van der Waals surface area contributed by atoms with Crippen LogP contribution in [-0.2, 0) is 11.4 Å². The van der Waals surface area contributed by atoms with Gasteiger partial charge in [-0.25, -0.2) is 4.79 Å². The number of thioether (sulfide) groups is 1. The lowest BCUT2D eigenvalue weighted by Gasteiger charge is -2.15. The normalized spacial score (nSPS) is 14.9. The number of amides is 2. The summed E-state index contributed by atoms with van der Waals surface area (Å²) in [5, 5.41) is 8.72. The van der Waals surface area contributed by atoms with E-state index >= 15 is 0 Å². The van der Waals surface area contributed by atoms with Crippen LogP contribution in [0.1, 0.15) is 35.3 Å². The molecule has 0 bridgehead atoms. The number of carboxylic acids is 1. The van der Waals surface area contributed by atoms with Gasteiger partial charge in [0.1, 0.15) is 6.61 Å². The van der Waals surface area contributed by atoms with E-state index in [1.165, 1.54) is 17.0 Å². The maximum Gasteiger partial charge on any atom is 0.335 e. The quantitative estimate of drug-likeness (QED) is 0.493. The zero-order valence-corrected chi connectivity index (χ0v) is 19.3. The van der Waals surface area contributed by atoms with Crippen LogP contribution in [0.15, 0.2) is 45.8 Å². The van der Waals surface area contributed by atoms with Crippen LogP contribution in [0.4, 0.5) is 4.79 Å². The second kappa shape index (κ2) is 10.0. The van der Waals surface area contributed by atoms with Crippen molar-refractivity contribution in [2.45, 2.75) is 20.5 Å². The Morgan fingerprint density at radius 2 is 1.87 bits per heavy atom. The van der Waals surface area contributed by atoms with E-state index in [0.29, 0.717) is 39.6 Å². The largest absolute Gasteiger partial charge is 0.490 e. The molecule has 2 aromatic rings. The van der Waals surface area contributed by atoms with E-state index in [2.05, 4.69) is 15.9 Å². The lowest BCUT2D eigenvalue weighted by molar-refractivity contribution is -0.122. The van der Waals surface area contributed by atoms with E-state index in [-0.39, 0.29) is 23.3 Å². The van der Waals surface area contributed by atoms with Crippen LogP contribution in [-0.4, -0.2) is 40.3 Å². The van der Waals surface area contributed by atoms with Crippen LogP contribution in [0.5, 0.6) is 11.5 Å². The molecule has 1 saturated heterocycles. The summed E-state index contributed by atoms with van der Waals surface area (Å²) in [6.07, 6.45) is 1.66. The van der Waals surface area contributed by atoms with Crippen molar-refractivity contribution in [3.63, 3.8) is 0 Å². The zero-order chi connectivity index (χ0) is 22.5. The average Bonchev–Trinajstić information content (AvgIpc) is 3.00. The number of nitrogens with zero attached hydrogens (tertiary/aromatic N) is 1. The molecule has 0 spiro atoms. The molecular formula is C22H20BrNO6S. The third-order valence-corrected chi connectivity index (χ3v) is 5.90. The van der Waals surface area contributed by atoms with E-state index in [4.69, 9.17) is 14.6 Å². The fourth-order valence-corrected chi connectivity index (χ4v) is 4.37. The lowest BCUT2D eigenvalue weighted by Crippen LogP contribution is -2.27. The van der Waals surface area contributed by atoms with Crippen molar-refractivity contribution >= 4 is 50.9 Å². The average molecular weight is 506 g/mol. The van der Waals surface area contributed by atoms with Crippen LogP contribution in [0, 0.1) is 0 Å². The predicted octanol–water partition coefficient (Wildman–Crippen LogP) is 5.18. The number of carbonyl (C=O) groups excluding carboxylic acids is 2. The molecule has 0 radical (unpaired) electrons. The monoisotopic (exact) mass is 505 g/mol. The van der Waals surface area contributed by atoms with Gasteiger partial charge in [0.25, 0.3) is 11.1 Å². The summed E-state index contributed by atoms with van der Waals surface area (Å²) < 4.78 is 12.3. The minimum absolute atomic E-state index is 0.205. The molecule has 1 N–H and O–H groups in total. The molecule has 0 aromatic heterocycles. The first-order chi connectivity index (χ1) is 14.8. The molecule has 2 aromatic carbocycles. The fraction of sp³-hybridized carbons (Fsp3) is 0.227. The van der Waals surface area contributed by atoms with Crippen LogP contribution in [0.2, 0.25) is 0 Å². The highest BCUT2D eigenvalue weighted by Gasteiger charge is 2.33. The molecule has 0 aliphatic carbocycles. The van der Waals surface area contributed by atoms with Gasteiger partial charge in [0.2, 0.25) is 0 Å². The van der Waals surface area contributed by atoms with Gasteiger partial charge in [0.05, 0.1) is 21.5 Å². The molecule has 1 heterocycles. The van der Waals surface area contributed by atoms with E-state index < -0.39 is 5.97 Å². The number of carbonyl (C=O) groups is 3. The highest BCUT2D eigenvalue weighted by atomic mass is 79.9. The van der Waals surface area contributed by atoms with Gasteiger partial charge in [-0.2, -0.15) is 0 Å². The summed E-state index contributed by atoms with van der Waals surface area (Å²) in [7, 11) is 0. The number of rotatable bonds is 8. The Morgan fingerprint density at radius 1 is 1.16 bits per heavy atom. The molecule has 9 heteroatoms. The maximum absolute atomic E-state index is 12.4. The Balaban J connectivity index is 1.83. The van der Waals surface area contributed by atoms with Crippen molar-refractivity contribution in [2.24, 2.45) is 0 Å². The number of likely N-dealkylation sites (N-methyl/N-ethyl adjacent to an activating group) is 1. The van der Waals surface area contributed by atoms with E-state index in [9.17, 15) is 14.4 Å². The van der Waals surface area contributed by atoms with Crippen molar-refractivity contribution in [3.8, 4) is 11.5 Å². The number of aromatic carboxylic acids is 1. The van der Waals surface area contributed by atoms with Gasteiger partial charge in [-0.3, -0.25) is 14.5 Å². The highest BCUT2D eigenvalue weighted by Crippen LogP contribution is 2.39. The zero-order valence-electron chi connectivity index (χ0n) is 16.9. The van der Waals surface area contributed by atoms with Crippen molar-refractivity contribution in [1.29, 1.82) is 0 Å². The number of halogens is 1. The topological polar surface area (TPSA) is 93.1 Å². The molecule has 1 aliphatic heterocycles. The summed E-state index contributed by atoms with van der Waals surface area (Å²) in [5.41, 5.74) is 1.70. The third kappa shape index (κ3) is 5.29. The molecule has 162 valence electrons. The second-order valence-electron chi connectivity index (χ2n) is 6.48. The number of ether oxygens (including phenoxy) is 2. The van der Waals surface area contributed by atoms with E-state index in [1.54, 1.807) is 37.3 Å². The fourth-order valence-electron chi connectivity index (χ4n) is 2.90. The molecule has 0 unspecified atom stereocenters. The molecule has 0 saturated carbocycles. The molecular weight excluding hydrogens is 486 g/mol. The Labute approximate surface area is 192 Å². The summed E-state index contributed by atoms with van der Waals surface area (Å²) in [5.74, 6) is -0.319. The summed E-state index contributed by atoms with van der Waals surface area (Å²) in [6, 6.07) is 9.95. The smallest absolute Gasteiger partial charge is 0.335 e. The van der Waals surface area contributed by atoms with Gasteiger partial charge < -0.3 is 14.6 Å². The predicted molar refractivity (Wildman–Crippen MR) is 121 cm³/mol. The summed E-state index contributed by atoms with van der Waals surface area (Å²) in [4.78, 5) is 36.8. The number of carboxylic acid groups (broad SMARTS) is 1. The Bertz CT molecular complexity index is 1050. The molecule has 0 atom stereocenters. The van der Waals surface area contributed by atoms with Gasteiger partial charge in [-0.05, 0) is 83.0 Å². The molecule has 1 fully saturated rings. The highest BCUT2D eigenvalue weighted by molar-refractivity contribution is 9.10. The van der Waals surface area contributed by atoms with Gasteiger partial charge >= 0.3 is 5.97 Å². The Morgan fingerprint density at radius 3 is 2.45 bits per heavy atom. The van der Waals surface area contributed by atoms with Crippen LogP contribution >= 0.6 is 27.7 Å². The van der Waals surface area contributed by atoms with Crippen molar-refractivity contribution < 1.29 is 29.0 Å². The van der Waals surface area contributed by atoms with Crippen molar-refractivity contribution in [1.82, 2.24) is 4.90 Å². The lowest BCUT2D eigenvalue weighted by atomic mass is 10.1. The second-order valence-corrected chi connectivity index (χ2v) is 8.33. The molecule has 2 amide bonds. The maximum atomic E-state index is 12.4. The van der Waals surface area contributed by atoms with Gasteiger partial charge in [-0.1, -0.05) is 12.1 Å². The number of benzene rings is 2. The van der Waals surface area contributed by atoms with Crippen molar-refractivity contribution in [2.75, 3.05) is 13.2 Å². The van der Waals surface area contributed by atoms with E-state index in [1.807, 2.05) is 6.92 Å². The van der Waals surface area contributed by atoms with Crippen LogP contribution in [0.3, 0.4) is 0 Å². The van der Waals surface area contributed by atoms with Gasteiger partial charge in [-0.15, -0.1) is 0 Å². The van der Waals surface area contributed by atoms with Gasteiger partial charge in [0, 0.05) is 6.54 Å². The van der Waals surface area contributed by atoms with E-state index in [0.717, 1.165) is 17.3 Å². The molecule has 31 heavy (non-hydrogen) atoms.